The number of carbonyl (C=O) groups is 1. The van der Waals surface area contributed by atoms with E-state index >= 15 is 0 Å². The number of nitrogens with zero attached hydrogens (tertiary/aromatic N) is 1. The highest BCUT2D eigenvalue weighted by Gasteiger charge is 2.17. The number of hydrogen-bond acceptors (Lipinski definition) is 6. The molecule has 0 saturated carbocycles. The van der Waals surface area contributed by atoms with Gasteiger partial charge in [-0.1, -0.05) is 42.2 Å². The van der Waals surface area contributed by atoms with Crippen molar-refractivity contribution < 1.29 is 22.9 Å². The van der Waals surface area contributed by atoms with Crippen LogP contribution in [0, 0.1) is 22.0 Å². The maximum Gasteiger partial charge on any atom is 0.407 e. The number of alkyl carbamates (subject to hydrolysis) is 1. The van der Waals surface area contributed by atoms with Crippen molar-refractivity contribution in [3.05, 3.63) is 69.8 Å². The van der Waals surface area contributed by atoms with E-state index < -0.39 is 20.9 Å². The molecule has 0 spiro atoms. The van der Waals surface area contributed by atoms with Crippen molar-refractivity contribution in [1.29, 1.82) is 0 Å². The Balaban J connectivity index is 1.88. The summed E-state index contributed by atoms with van der Waals surface area (Å²) in [7, 11) is -3.55. The van der Waals surface area contributed by atoms with Gasteiger partial charge in [-0.15, -0.1) is 0 Å². The fourth-order valence-corrected chi connectivity index (χ4v) is 2.80. The standard InChI is InChI=1S/C19H18N2O6S/c1-28(25,26)17-11-10-16(18(13-17)21(23)24)9-5-6-12-20-19(22)27-14-15-7-3-2-4-8-15/h2-4,7-8,10-11,13H,6,12,14H2,1H3,(H,20,22). The number of amides is 1. The van der Waals surface area contributed by atoms with Crippen LogP contribution in [0.15, 0.2) is 53.4 Å². The Morgan fingerprint density at radius 1 is 1.21 bits per heavy atom. The van der Waals surface area contributed by atoms with Crippen molar-refractivity contribution in [2.24, 2.45) is 0 Å². The molecule has 8 nitrogen and oxygen atoms in total. The maximum atomic E-state index is 11.6. The minimum Gasteiger partial charge on any atom is -0.445 e. The summed E-state index contributed by atoms with van der Waals surface area (Å²) in [5.74, 6) is 5.34. The van der Waals surface area contributed by atoms with Gasteiger partial charge in [0.1, 0.15) is 12.2 Å². The Kier molecular flexibility index (Phi) is 7.12. The van der Waals surface area contributed by atoms with E-state index in [0.29, 0.717) is 0 Å². The number of benzene rings is 2. The van der Waals surface area contributed by atoms with Gasteiger partial charge in [0.05, 0.1) is 9.82 Å². The average Bonchev–Trinajstić information content (AvgIpc) is 2.66. The molecule has 0 atom stereocenters. The minimum atomic E-state index is -3.55. The molecule has 0 aromatic heterocycles. The van der Waals surface area contributed by atoms with E-state index in [-0.39, 0.29) is 35.7 Å². The first-order valence-electron chi connectivity index (χ1n) is 8.19. The second-order valence-electron chi connectivity index (χ2n) is 5.75. The Hall–Kier alpha value is -3.38. The second kappa shape index (κ2) is 9.53. The van der Waals surface area contributed by atoms with Gasteiger partial charge in [0.15, 0.2) is 9.84 Å². The number of rotatable bonds is 6. The fourth-order valence-electron chi connectivity index (χ4n) is 2.16. The fraction of sp³-hybridized carbons (Fsp3) is 0.211. The van der Waals surface area contributed by atoms with Gasteiger partial charge in [-0.3, -0.25) is 10.1 Å². The zero-order valence-corrected chi connectivity index (χ0v) is 15.9. The third-order valence-electron chi connectivity index (χ3n) is 3.55. The molecule has 0 aliphatic rings. The molecule has 0 heterocycles. The van der Waals surface area contributed by atoms with E-state index in [9.17, 15) is 23.3 Å². The first kappa shape index (κ1) is 20.9. The molecule has 0 bridgehead atoms. The van der Waals surface area contributed by atoms with Crippen molar-refractivity contribution in [1.82, 2.24) is 5.32 Å². The Morgan fingerprint density at radius 3 is 2.57 bits per heavy atom. The summed E-state index contributed by atoms with van der Waals surface area (Å²) in [5.41, 5.74) is 0.581. The second-order valence-corrected chi connectivity index (χ2v) is 7.76. The van der Waals surface area contributed by atoms with Gasteiger partial charge in [0.25, 0.3) is 5.69 Å². The quantitative estimate of drug-likeness (QED) is 0.344. The van der Waals surface area contributed by atoms with Crippen LogP contribution in [0.4, 0.5) is 10.5 Å². The molecule has 2 aromatic rings. The molecule has 0 unspecified atom stereocenters. The summed E-state index contributed by atoms with van der Waals surface area (Å²) in [6, 6.07) is 12.8. The zero-order chi connectivity index (χ0) is 20.6. The zero-order valence-electron chi connectivity index (χ0n) is 15.0. The average molecular weight is 402 g/mol. The molecular weight excluding hydrogens is 384 g/mol. The molecule has 146 valence electrons. The number of hydrogen-bond donors (Lipinski definition) is 1. The van der Waals surface area contributed by atoms with Crippen LogP contribution in [0.5, 0.6) is 0 Å². The van der Waals surface area contributed by atoms with Crippen LogP contribution < -0.4 is 5.32 Å². The topological polar surface area (TPSA) is 116 Å². The monoisotopic (exact) mass is 402 g/mol. The molecule has 0 fully saturated rings. The van der Waals surface area contributed by atoms with Gasteiger partial charge >= 0.3 is 6.09 Å². The summed E-state index contributed by atoms with van der Waals surface area (Å²) in [5, 5.41) is 13.7. The Labute approximate surface area is 162 Å². The molecule has 0 aliphatic heterocycles. The van der Waals surface area contributed by atoms with Crippen LogP contribution in [0.25, 0.3) is 0 Å². The van der Waals surface area contributed by atoms with Crippen LogP contribution in [0.2, 0.25) is 0 Å². The number of ether oxygens (including phenoxy) is 1. The van der Waals surface area contributed by atoms with Crippen LogP contribution in [-0.2, 0) is 21.2 Å². The van der Waals surface area contributed by atoms with E-state index in [1.165, 1.54) is 12.1 Å². The third-order valence-corrected chi connectivity index (χ3v) is 4.66. The van der Waals surface area contributed by atoms with Gasteiger partial charge in [0.2, 0.25) is 0 Å². The summed E-state index contributed by atoms with van der Waals surface area (Å²) in [6.07, 6.45) is 0.625. The number of nitro groups is 1. The molecule has 2 rings (SSSR count). The first-order valence-corrected chi connectivity index (χ1v) is 10.1. The van der Waals surface area contributed by atoms with Crippen molar-refractivity contribution in [3.8, 4) is 11.8 Å². The van der Waals surface area contributed by atoms with Crippen LogP contribution in [-0.4, -0.2) is 32.2 Å². The van der Waals surface area contributed by atoms with Crippen LogP contribution in [0.3, 0.4) is 0 Å². The first-order chi connectivity index (χ1) is 13.3. The molecule has 1 amide bonds. The van der Waals surface area contributed by atoms with E-state index in [1.54, 1.807) is 0 Å². The van der Waals surface area contributed by atoms with Gasteiger partial charge in [-0.05, 0) is 17.7 Å². The SMILES string of the molecule is CS(=O)(=O)c1ccc(C#CCCNC(=O)OCc2ccccc2)c([N+](=O)[O-])c1. The molecule has 0 radical (unpaired) electrons. The smallest absolute Gasteiger partial charge is 0.407 e. The molecule has 0 aliphatic carbocycles. The summed E-state index contributed by atoms with van der Waals surface area (Å²) in [4.78, 5) is 21.9. The number of carbonyl (C=O) groups excluding carboxylic acids is 1. The highest BCUT2D eigenvalue weighted by Crippen LogP contribution is 2.22. The third kappa shape index (κ3) is 6.41. The lowest BCUT2D eigenvalue weighted by molar-refractivity contribution is -0.385. The van der Waals surface area contributed by atoms with Gasteiger partial charge in [-0.2, -0.15) is 0 Å². The van der Waals surface area contributed by atoms with Gasteiger partial charge < -0.3 is 10.1 Å². The lowest BCUT2D eigenvalue weighted by Gasteiger charge is -2.05. The van der Waals surface area contributed by atoms with E-state index in [1.807, 2.05) is 30.3 Å². The summed E-state index contributed by atoms with van der Waals surface area (Å²) < 4.78 is 28.1. The normalized spacial score (nSPS) is 10.5. The van der Waals surface area contributed by atoms with Gasteiger partial charge in [0, 0.05) is 25.3 Å². The molecule has 0 saturated heterocycles. The van der Waals surface area contributed by atoms with Crippen LogP contribution in [0.1, 0.15) is 17.5 Å². The molecule has 9 heteroatoms. The van der Waals surface area contributed by atoms with Crippen molar-refractivity contribution in [2.45, 2.75) is 17.9 Å². The highest BCUT2D eigenvalue weighted by atomic mass is 32.2. The minimum absolute atomic E-state index is 0.101. The summed E-state index contributed by atoms with van der Waals surface area (Å²) >= 11 is 0. The molecular formula is C19H18N2O6S. The Morgan fingerprint density at radius 2 is 1.93 bits per heavy atom. The largest absolute Gasteiger partial charge is 0.445 e. The maximum absolute atomic E-state index is 11.6. The van der Waals surface area contributed by atoms with E-state index in [0.717, 1.165) is 17.9 Å². The van der Waals surface area contributed by atoms with Gasteiger partial charge in [-0.25, -0.2) is 13.2 Å². The predicted octanol–water partition coefficient (Wildman–Crippen LogP) is 2.67. The lowest BCUT2D eigenvalue weighted by Crippen LogP contribution is -2.24. The molecule has 28 heavy (non-hydrogen) atoms. The predicted molar refractivity (Wildman–Crippen MR) is 102 cm³/mol. The van der Waals surface area contributed by atoms with Crippen molar-refractivity contribution >= 4 is 21.6 Å². The molecule has 2 aromatic carbocycles. The lowest BCUT2D eigenvalue weighted by atomic mass is 10.2. The van der Waals surface area contributed by atoms with Crippen LogP contribution >= 0.6 is 0 Å². The number of sulfone groups is 1. The van der Waals surface area contributed by atoms with E-state index in [2.05, 4.69) is 17.2 Å². The number of nitrogens with one attached hydrogen (secondary N) is 1. The van der Waals surface area contributed by atoms with Crippen molar-refractivity contribution in [2.75, 3.05) is 12.8 Å². The number of nitro benzene ring substituents is 1. The summed E-state index contributed by atoms with van der Waals surface area (Å²) in [6.45, 7) is 0.354. The highest BCUT2D eigenvalue weighted by molar-refractivity contribution is 7.90. The van der Waals surface area contributed by atoms with E-state index in [4.69, 9.17) is 4.74 Å². The van der Waals surface area contributed by atoms with Crippen molar-refractivity contribution in [3.63, 3.8) is 0 Å². The molecule has 1 N–H and O–H groups in total. The Bertz CT molecular complexity index is 1020.